The van der Waals surface area contributed by atoms with Crippen LogP contribution in [0.1, 0.15) is 34.6 Å². The third-order valence-corrected chi connectivity index (χ3v) is 5.16. The highest BCUT2D eigenvalue weighted by Gasteiger charge is 2.29. The fourth-order valence-corrected chi connectivity index (χ4v) is 4.25. The molecule has 0 fully saturated rings. The summed E-state index contributed by atoms with van der Waals surface area (Å²) in [4.78, 5) is 9.19. The molecule has 10 nitrogen and oxygen atoms in total. The molecule has 0 radical (unpaired) electrons. The Morgan fingerprint density at radius 3 is 2.31 bits per heavy atom. The van der Waals surface area contributed by atoms with Crippen molar-refractivity contribution in [3.05, 3.63) is 5.15 Å². The minimum Gasteiger partial charge on any atom is -0.368 e. The molecule has 0 saturated carbocycles. The molecule has 0 bridgehead atoms. The molecule has 2 aromatic heterocycles. The standard InChI is InChI=1S/C14H24ClN6O4P/c1-8(2)24-26(22,25-9(3)4)7-23-10(5)6-21-19-11-12(15)17-14(16)18-13(11)20-21/h8-10H,6-7H2,1-5H3,(H2,16,18,20). The van der Waals surface area contributed by atoms with E-state index in [0.717, 1.165) is 0 Å². The van der Waals surface area contributed by atoms with Gasteiger partial charge in [-0.15, -0.1) is 10.2 Å². The summed E-state index contributed by atoms with van der Waals surface area (Å²) in [5, 5.41) is 8.54. The molecule has 0 aromatic carbocycles. The predicted molar refractivity (Wildman–Crippen MR) is 98.0 cm³/mol. The number of aromatic nitrogens is 5. The number of halogens is 1. The van der Waals surface area contributed by atoms with Gasteiger partial charge in [0.2, 0.25) is 11.6 Å². The second-order valence-electron chi connectivity index (χ2n) is 6.33. The van der Waals surface area contributed by atoms with E-state index >= 15 is 0 Å². The SMILES string of the molecule is CC(C)OP(=O)(COC(C)Cn1nc2nc(N)nc(Cl)c2n1)OC(C)C. The highest BCUT2D eigenvalue weighted by Crippen LogP contribution is 2.50. The first-order valence-electron chi connectivity index (χ1n) is 8.19. The molecule has 0 aliphatic rings. The molecule has 1 atom stereocenters. The van der Waals surface area contributed by atoms with E-state index in [2.05, 4.69) is 20.2 Å². The third kappa shape index (κ3) is 5.85. The number of nitrogens with two attached hydrogens (primary N) is 1. The summed E-state index contributed by atoms with van der Waals surface area (Å²) < 4.78 is 29.3. The predicted octanol–water partition coefficient (Wildman–Crippen LogP) is 2.86. The van der Waals surface area contributed by atoms with Crippen LogP contribution in [0.5, 0.6) is 0 Å². The zero-order valence-corrected chi connectivity index (χ0v) is 17.1. The third-order valence-electron chi connectivity index (χ3n) is 2.95. The van der Waals surface area contributed by atoms with Gasteiger partial charge in [-0.25, -0.2) is 0 Å². The summed E-state index contributed by atoms with van der Waals surface area (Å²) in [5.74, 6) is 0.0245. The molecule has 2 aromatic rings. The average molecular weight is 407 g/mol. The van der Waals surface area contributed by atoms with Gasteiger partial charge in [-0.2, -0.15) is 14.8 Å². The zero-order valence-electron chi connectivity index (χ0n) is 15.4. The van der Waals surface area contributed by atoms with Gasteiger partial charge in [0.25, 0.3) is 0 Å². The fourth-order valence-electron chi connectivity index (χ4n) is 2.15. The Morgan fingerprint density at radius 1 is 1.12 bits per heavy atom. The summed E-state index contributed by atoms with van der Waals surface area (Å²) in [6.07, 6.45) is -1.02. The van der Waals surface area contributed by atoms with Crippen LogP contribution in [0.25, 0.3) is 11.2 Å². The number of anilines is 1. The fraction of sp³-hybridized carbons (Fsp3) is 0.714. The monoisotopic (exact) mass is 406 g/mol. The van der Waals surface area contributed by atoms with Crippen LogP contribution in [0.4, 0.5) is 5.95 Å². The van der Waals surface area contributed by atoms with E-state index in [1.54, 1.807) is 34.6 Å². The van der Waals surface area contributed by atoms with Crippen molar-refractivity contribution < 1.29 is 18.3 Å². The zero-order chi connectivity index (χ0) is 19.5. The molecule has 146 valence electrons. The first-order chi connectivity index (χ1) is 12.1. The van der Waals surface area contributed by atoms with Gasteiger partial charge in [-0.05, 0) is 34.6 Å². The Labute approximate surface area is 156 Å². The first-order valence-corrected chi connectivity index (χ1v) is 10.3. The van der Waals surface area contributed by atoms with E-state index in [0.29, 0.717) is 11.2 Å². The minimum atomic E-state index is -3.37. The molecule has 0 aliphatic heterocycles. The van der Waals surface area contributed by atoms with Gasteiger partial charge in [0.05, 0.1) is 24.9 Å². The maximum atomic E-state index is 12.8. The summed E-state index contributed by atoms with van der Waals surface area (Å²) in [5.41, 5.74) is 6.19. The van der Waals surface area contributed by atoms with E-state index in [9.17, 15) is 4.57 Å². The number of hydrogen-bond acceptors (Lipinski definition) is 9. The molecule has 26 heavy (non-hydrogen) atoms. The Kier molecular flexibility index (Phi) is 6.92. The smallest absolute Gasteiger partial charge is 0.356 e. The van der Waals surface area contributed by atoms with Crippen LogP contribution >= 0.6 is 19.2 Å². The maximum absolute atomic E-state index is 12.8. The van der Waals surface area contributed by atoms with Crippen molar-refractivity contribution in [2.75, 3.05) is 12.1 Å². The number of rotatable bonds is 9. The van der Waals surface area contributed by atoms with Crippen LogP contribution in [0.3, 0.4) is 0 Å². The Balaban J connectivity index is 2.02. The molecule has 0 amide bonds. The van der Waals surface area contributed by atoms with E-state index in [4.69, 9.17) is 31.1 Å². The molecule has 2 rings (SSSR count). The van der Waals surface area contributed by atoms with Gasteiger partial charge in [0.15, 0.2) is 10.7 Å². The van der Waals surface area contributed by atoms with Crippen LogP contribution in [0, 0.1) is 0 Å². The van der Waals surface area contributed by atoms with Crippen LogP contribution in [0.15, 0.2) is 0 Å². The lowest BCUT2D eigenvalue weighted by Gasteiger charge is -2.24. The van der Waals surface area contributed by atoms with Crippen molar-refractivity contribution in [3.63, 3.8) is 0 Å². The lowest BCUT2D eigenvalue weighted by Crippen LogP contribution is -2.21. The van der Waals surface area contributed by atoms with Crippen molar-refractivity contribution in [1.82, 2.24) is 25.0 Å². The molecule has 0 saturated heterocycles. The van der Waals surface area contributed by atoms with Gasteiger partial charge < -0.3 is 19.5 Å². The second kappa shape index (κ2) is 8.58. The first kappa shape index (κ1) is 21.0. The largest absolute Gasteiger partial charge is 0.368 e. The van der Waals surface area contributed by atoms with Crippen LogP contribution in [0.2, 0.25) is 5.15 Å². The van der Waals surface area contributed by atoms with Gasteiger partial charge in [0.1, 0.15) is 6.35 Å². The Hall–Kier alpha value is -1.32. The quantitative estimate of drug-likeness (QED) is 0.493. The Bertz CT molecular complexity index is 785. The van der Waals surface area contributed by atoms with Gasteiger partial charge in [-0.3, -0.25) is 4.57 Å². The molecular weight excluding hydrogens is 383 g/mol. The number of fused-ring (bicyclic) bond motifs is 1. The molecule has 1 unspecified atom stereocenters. The maximum Gasteiger partial charge on any atom is 0.356 e. The number of ether oxygens (including phenoxy) is 1. The second-order valence-corrected chi connectivity index (χ2v) is 8.58. The molecule has 2 heterocycles. The van der Waals surface area contributed by atoms with Gasteiger partial charge in [0, 0.05) is 0 Å². The average Bonchev–Trinajstić information content (AvgIpc) is 2.86. The number of hydrogen-bond donors (Lipinski definition) is 1. The minimum absolute atomic E-state index is 0.0245. The summed E-state index contributed by atoms with van der Waals surface area (Å²) >= 11 is 5.98. The van der Waals surface area contributed by atoms with Gasteiger partial charge in [-0.1, -0.05) is 11.6 Å². The molecule has 2 N–H and O–H groups in total. The lowest BCUT2D eigenvalue weighted by atomic mass is 10.4. The highest BCUT2D eigenvalue weighted by molar-refractivity contribution is 7.53. The van der Waals surface area contributed by atoms with Crippen molar-refractivity contribution in [2.24, 2.45) is 0 Å². The highest BCUT2D eigenvalue weighted by atomic mass is 35.5. The summed E-state index contributed by atoms with van der Waals surface area (Å²) in [6, 6.07) is 0. The Morgan fingerprint density at radius 2 is 1.73 bits per heavy atom. The molecule has 12 heteroatoms. The van der Waals surface area contributed by atoms with E-state index < -0.39 is 7.60 Å². The number of nitrogen functional groups attached to an aromatic ring is 1. The normalized spacial score (nSPS) is 13.8. The summed E-state index contributed by atoms with van der Waals surface area (Å²) in [6.45, 7) is 9.23. The lowest BCUT2D eigenvalue weighted by molar-refractivity contribution is 0.0504. The van der Waals surface area contributed by atoms with Gasteiger partial charge >= 0.3 is 7.60 Å². The molecular formula is C14H24ClN6O4P. The van der Waals surface area contributed by atoms with Crippen molar-refractivity contribution in [3.8, 4) is 0 Å². The van der Waals surface area contributed by atoms with E-state index in [1.165, 1.54) is 4.80 Å². The van der Waals surface area contributed by atoms with Crippen LogP contribution < -0.4 is 5.73 Å². The van der Waals surface area contributed by atoms with Crippen LogP contribution in [-0.4, -0.2) is 49.6 Å². The topological polar surface area (TPSA) is 127 Å². The van der Waals surface area contributed by atoms with Crippen LogP contribution in [-0.2, 0) is 24.9 Å². The molecule has 0 spiro atoms. The van der Waals surface area contributed by atoms with Crippen molar-refractivity contribution >= 4 is 36.3 Å². The van der Waals surface area contributed by atoms with E-state index in [-0.39, 0.29) is 42.3 Å². The number of nitrogens with zero attached hydrogens (tertiary/aromatic N) is 5. The van der Waals surface area contributed by atoms with Crippen molar-refractivity contribution in [1.29, 1.82) is 0 Å². The summed E-state index contributed by atoms with van der Waals surface area (Å²) in [7, 11) is -3.37. The van der Waals surface area contributed by atoms with E-state index in [1.807, 2.05) is 0 Å². The molecule has 0 aliphatic carbocycles. The van der Waals surface area contributed by atoms with Crippen molar-refractivity contribution in [2.45, 2.75) is 59.5 Å².